The molecule has 0 aliphatic rings. The van der Waals surface area contributed by atoms with Gasteiger partial charge in [0.05, 0.1) is 11.8 Å². The Bertz CT molecular complexity index is 944. The van der Waals surface area contributed by atoms with Gasteiger partial charge < -0.3 is 4.74 Å². The number of halogens is 2. The summed E-state index contributed by atoms with van der Waals surface area (Å²) in [6.45, 7) is 1.37. The van der Waals surface area contributed by atoms with Gasteiger partial charge in [-0.15, -0.1) is 0 Å². The van der Waals surface area contributed by atoms with Crippen molar-refractivity contribution in [3.8, 4) is 0 Å². The highest BCUT2D eigenvalue weighted by atomic mass is 79.9. The number of benzene rings is 2. The van der Waals surface area contributed by atoms with E-state index in [4.69, 9.17) is 4.74 Å². The van der Waals surface area contributed by atoms with Gasteiger partial charge in [0.1, 0.15) is 5.82 Å². The molecule has 138 valence electrons. The quantitative estimate of drug-likeness (QED) is 0.545. The predicted molar refractivity (Wildman–Crippen MR) is 98.2 cm³/mol. The number of rotatable bonds is 6. The third kappa shape index (κ3) is 5.37. The Hall–Kier alpha value is -2.26. The van der Waals surface area contributed by atoms with Gasteiger partial charge in [-0.3, -0.25) is 9.52 Å². The van der Waals surface area contributed by atoms with Gasteiger partial charge in [0.2, 0.25) is 15.8 Å². The number of esters is 1. The second-order valence-corrected chi connectivity index (χ2v) is 8.15. The van der Waals surface area contributed by atoms with Crippen LogP contribution in [0.3, 0.4) is 0 Å². The maximum atomic E-state index is 13.7. The zero-order valence-electron chi connectivity index (χ0n) is 13.8. The van der Waals surface area contributed by atoms with E-state index in [2.05, 4.69) is 20.7 Å². The molecule has 0 saturated heterocycles. The van der Waals surface area contributed by atoms with Crippen LogP contribution < -0.4 is 4.72 Å². The monoisotopic (exact) mass is 443 g/mol. The van der Waals surface area contributed by atoms with Gasteiger partial charge in [-0.2, -0.15) is 0 Å². The molecule has 0 bridgehead atoms. The van der Waals surface area contributed by atoms with Crippen LogP contribution in [0.2, 0.25) is 0 Å². The largest absolute Gasteiger partial charge is 0.451 e. The third-order valence-corrected chi connectivity index (χ3v) is 4.37. The molecule has 0 amide bonds. The molecule has 0 fully saturated rings. The highest BCUT2D eigenvalue weighted by molar-refractivity contribution is 9.10. The maximum absolute atomic E-state index is 13.7. The van der Waals surface area contributed by atoms with E-state index >= 15 is 0 Å². The summed E-state index contributed by atoms with van der Waals surface area (Å²) in [7, 11) is -3.42. The molecule has 2 aromatic carbocycles. The van der Waals surface area contributed by atoms with Crippen LogP contribution in [0.4, 0.5) is 10.1 Å². The normalized spacial score (nSPS) is 12.3. The first kappa shape index (κ1) is 20.1. The van der Waals surface area contributed by atoms with Gasteiger partial charge in [0.15, 0.2) is 6.10 Å². The average molecular weight is 444 g/mol. The molecule has 26 heavy (non-hydrogen) atoms. The van der Waals surface area contributed by atoms with Crippen LogP contribution in [0.1, 0.15) is 27.6 Å². The van der Waals surface area contributed by atoms with E-state index in [1.807, 2.05) is 0 Å². The number of carbonyl (C=O) groups is 2. The van der Waals surface area contributed by atoms with Crippen LogP contribution in [0.25, 0.3) is 0 Å². The smallest absolute Gasteiger partial charge is 0.341 e. The number of hydrogen-bond donors (Lipinski definition) is 1. The summed E-state index contributed by atoms with van der Waals surface area (Å²) in [5, 5.41) is 0. The molecular formula is C17H15BrFNO5S. The molecule has 1 atom stereocenters. The lowest BCUT2D eigenvalue weighted by atomic mass is 10.1. The number of sulfonamides is 1. The molecule has 0 heterocycles. The van der Waals surface area contributed by atoms with Crippen LogP contribution in [0.5, 0.6) is 0 Å². The summed E-state index contributed by atoms with van der Waals surface area (Å²) in [6.07, 6.45) is -0.135. The average Bonchev–Trinajstić information content (AvgIpc) is 2.55. The van der Waals surface area contributed by atoms with Gasteiger partial charge in [-0.05, 0) is 49.4 Å². The molecular weight excluding hydrogens is 429 g/mol. The van der Waals surface area contributed by atoms with Crippen LogP contribution in [0, 0.1) is 5.82 Å². The van der Waals surface area contributed by atoms with Crippen molar-refractivity contribution in [2.24, 2.45) is 0 Å². The van der Waals surface area contributed by atoms with Gasteiger partial charge >= 0.3 is 5.97 Å². The Balaban J connectivity index is 2.09. The highest BCUT2D eigenvalue weighted by Gasteiger charge is 2.22. The zero-order chi connectivity index (χ0) is 19.5. The lowest BCUT2D eigenvalue weighted by Crippen LogP contribution is -2.25. The number of anilines is 1. The SMILES string of the molecule is CC(OC(=O)c1cc(Br)ccc1F)C(=O)c1ccc(NS(C)(=O)=O)cc1. The fraction of sp³-hybridized carbons (Fsp3) is 0.176. The number of Topliss-reactive ketones (excluding diaryl/α,β-unsaturated/α-hetero) is 1. The number of carbonyl (C=O) groups excluding carboxylic acids is 2. The lowest BCUT2D eigenvalue weighted by molar-refractivity contribution is 0.0314. The Morgan fingerprint density at radius 1 is 1.15 bits per heavy atom. The summed E-state index contributed by atoms with van der Waals surface area (Å²) in [5.41, 5.74) is 0.232. The van der Waals surface area contributed by atoms with Gasteiger partial charge in [0, 0.05) is 15.7 Å². The van der Waals surface area contributed by atoms with Crippen molar-refractivity contribution in [2.75, 3.05) is 11.0 Å². The minimum absolute atomic E-state index is 0.221. The van der Waals surface area contributed by atoms with Crippen molar-refractivity contribution in [2.45, 2.75) is 13.0 Å². The summed E-state index contributed by atoms with van der Waals surface area (Å²) in [5.74, 6) is -2.21. The number of nitrogens with one attached hydrogen (secondary N) is 1. The van der Waals surface area contributed by atoms with E-state index < -0.39 is 33.7 Å². The fourth-order valence-electron chi connectivity index (χ4n) is 2.08. The molecule has 9 heteroatoms. The first-order valence-corrected chi connectivity index (χ1v) is 10.0. The van der Waals surface area contributed by atoms with Gasteiger partial charge in [-0.25, -0.2) is 17.6 Å². The van der Waals surface area contributed by atoms with E-state index in [0.29, 0.717) is 10.2 Å². The molecule has 6 nitrogen and oxygen atoms in total. The Kier molecular flexibility index (Phi) is 6.14. The minimum atomic E-state index is -3.42. The van der Waals surface area contributed by atoms with Crippen molar-refractivity contribution < 1.29 is 27.1 Å². The number of ketones is 1. The van der Waals surface area contributed by atoms with E-state index in [9.17, 15) is 22.4 Å². The molecule has 1 N–H and O–H groups in total. The molecule has 1 unspecified atom stereocenters. The molecule has 0 aliphatic heterocycles. The van der Waals surface area contributed by atoms with Crippen molar-refractivity contribution in [3.63, 3.8) is 0 Å². The summed E-state index contributed by atoms with van der Waals surface area (Å²) in [4.78, 5) is 24.4. The number of ether oxygens (including phenoxy) is 1. The molecule has 0 saturated carbocycles. The minimum Gasteiger partial charge on any atom is -0.451 e. The zero-order valence-corrected chi connectivity index (χ0v) is 16.2. The predicted octanol–water partition coefficient (Wildman–Crippen LogP) is 3.39. The van der Waals surface area contributed by atoms with Gasteiger partial charge in [0.25, 0.3) is 0 Å². The van der Waals surface area contributed by atoms with E-state index in [1.54, 1.807) is 0 Å². The van der Waals surface area contributed by atoms with Crippen LogP contribution in [0.15, 0.2) is 46.9 Å². The summed E-state index contributed by atoms with van der Waals surface area (Å²) >= 11 is 3.13. The van der Waals surface area contributed by atoms with Crippen LogP contribution in [-0.2, 0) is 14.8 Å². The Morgan fingerprint density at radius 2 is 1.77 bits per heavy atom. The Labute approximate surface area is 158 Å². The fourth-order valence-corrected chi connectivity index (χ4v) is 3.01. The topological polar surface area (TPSA) is 89.5 Å². The summed E-state index contributed by atoms with van der Waals surface area (Å²) < 4.78 is 43.9. The molecule has 2 rings (SSSR count). The van der Waals surface area contributed by atoms with Crippen molar-refractivity contribution >= 4 is 43.4 Å². The van der Waals surface area contributed by atoms with E-state index in [1.165, 1.54) is 43.3 Å². The standard InChI is InChI=1S/C17H15BrFNO5S/c1-10(25-17(22)14-9-12(18)5-8-15(14)19)16(21)11-3-6-13(7-4-11)20-26(2,23)24/h3-10,20H,1-2H3. The Morgan fingerprint density at radius 3 is 2.35 bits per heavy atom. The number of hydrogen-bond acceptors (Lipinski definition) is 5. The molecule has 0 spiro atoms. The first-order chi connectivity index (χ1) is 12.1. The summed E-state index contributed by atoms with van der Waals surface area (Å²) in [6, 6.07) is 9.45. The molecule has 2 aromatic rings. The maximum Gasteiger partial charge on any atom is 0.341 e. The van der Waals surface area contributed by atoms with Crippen molar-refractivity contribution in [1.82, 2.24) is 0 Å². The third-order valence-electron chi connectivity index (χ3n) is 3.27. The van der Waals surface area contributed by atoms with Crippen LogP contribution >= 0.6 is 15.9 Å². The first-order valence-electron chi connectivity index (χ1n) is 7.35. The van der Waals surface area contributed by atoms with E-state index in [0.717, 1.165) is 12.3 Å². The van der Waals surface area contributed by atoms with Crippen molar-refractivity contribution in [3.05, 3.63) is 63.9 Å². The van der Waals surface area contributed by atoms with Crippen molar-refractivity contribution in [1.29, 1.82) is 0 Å². The molecule has 0 aliphatic carbocycles. The molecule has 0 radical (unpaired) electrons. The van der Waals surface area contributed by atoms with E-state index in [-0.39, 0.29) is 11.1 Å². The van der Waals surface area contributed by atoms with Crippen LogP contribution in [-0.4, -0.2) is 32.5 Å². The second-order valence-electron chi connectivity index (χ2n) is 5.49. The van der Waals surface area contributed by atoms with Gasteiger partial charge in [-0.1, -0.05) is 15.9 Å². The highest BCUT2D eigenvalue weighted by Crippen LogP contribution is 2.18. The second kappa shape index (κ2) is 7.96. The molecule has 0 aromatic heterocycles. The lowest BCUT2D eigenvalue weighted by Gasteiger charge is -2.13.